The predicted molar refractivity (Wildman–Crippen MR) is 94.9 cm³/mol. The Morgan fingerprint density at radius 3 is 2.78 bits per heavy atom. The maximum atomic E-state index is 13.1. The van der Waals surface area contributed by atoms with Crippen LogP contribution in [0.25, 0.3) is 21.3 Å². The number of rotatable bonds is 4. The lowest BCUT2D eigenvalue weighted by molar-refractivity contribution is -0.141. The average Bonchev–Trinajstić information content (AvgIpc) is 3.26. The first-order valence-corrected chi connectivity index (χ1v) is 8.51. The van der Waals surface area contributed by atoms with Crippen LogP contribution in [0.15, 0.2) is 41.1 Å². The van der Waals surface area contributed by atoms with Crippen molar-refractivity contribution in [2.24, 2.45) is 0 Å². The third-order valence-electron chi connectivity index (χ3n) is 3.69. The molecule has 0 unspecified atom stereocenters. The number of pyridine rings is 1. The third kappa shape index (κ3) is 3.56. The van der Waals surface area contributed by atoms with E-state index in [1.54, 1.807) is 12.1 Å². The highest BCUT2D eigenvalue weighted by Gasteiger charge is 2.33. The Kier molecular flexibility index (Phi) is 4.19. The zero-order valence-corrected chi connectivity index (χ0v) is 14.4. The Balaban J connectivity index is 1.76. The van der Waals surface area contributed by atoms with Crippen LogP contribution in [-0.4, -0.2) is 15.0 Å². The van der Waals surface area contributed by atoms with Crippen molar-refractivity contribution in [1.82, 2.24) is 15.0 Å². The molecule has 10 heteroatoms. The fourth-order valence-corrected chi connectivity index (χ4v) is 3.20. The zero-order chi connectivity index (χ0) is 19.0. The lowest BCUT2D eigenvalue weighted by Crippen LogP contribution is -2.11. The molecule has 4 rings (SSSR count). The van der Waals surface area contributed by atoms with Crippen molar-refractivity contribution < 1.29 is 17.6 Å². The van der Waals surface area contributed by atoms with Gasteiger partial charge in [0.15, 0.2) is 5.13 Å². The van der Waals surface area contributed by atoms with E-state index in [2.05, 4.69) is 26.3 Å². The minimum atomic E-state index is -4.56. The molecule has 0 aliphatic carbocycles. The number of anilines is 2. The fourth-order valence-electron chi connectivity index (χ4n) is 2.51. The molecule has 4 aromatic rings. The van der Waals surface area contributed by atoms with E-state index in [1.165, 1.54) is 29.9 Å². The summed E-state index contributed by atoms with van der Waals surface area (Å²) in [4.78, 5) is 11.8. The van der Waals surface area contributed by atoms with Gasteiger partial charge in [0, 0.05) is 11.6 Å². The van der Waals surface area contributed by atoms with Crippen molar-refractivity contribution in [1.29, 1.82) is 0 Å². The molecule has 0 bridgehead atoms. The van der Waals surface area contributed by atoms with Crippen LogP contribution in [0.5, 0.6) is 0 Å². The summed E-state index contributed by atoms with van der Waals surface area (Å²) in [5.41, 5.74) is 6.24. The molecule has 0 saturated carbocycles. The molecule has 3 heterocycles. The highest BCUT2D eigenvalue weighted by atomic mass is 32.1. The van der Waals surface area contributed by atoms with Crippen LogP contribution in [0.2, 0.25) is 0 Å². The van der Waals surface area contributed by atoms with E-state index in [1.807, 2.05) is 0 Å². The van der Waals surface area contributed by atoms with Gasteiger partial charge in [-0.3, -0.25) is 0 Å². The summed E-state index contributed by atoms with van der Waals surface area (Å²) in [5, 5.41) is 3.24. The second kappa shape index (κ2) is 6.54. The topological polar surface area (TPSA) is 89.9 Å². The van der Waals surface area contributed by atoms with Gasteiger partial charge in [0.25, 0.3) is 0 Å². The summed E-state index contributed by atoms with van der Waals surface area (Å²) in [5.74, 6) is 0.369. The largest absolute Gasteiger partial charge is 0.447 e. The van der Waals surface area contributed by atoms with Crippen LogP contribution >= 0.6 is 11.3 Å². The molecular formula is C17H11F3N5OS. The normalized spacial score (nSPS) is 11.8. The summed E-state index contributed by atoms with van der Waals surface area (Å²) < 4.78 is 45.2. The molecule has 1 radical (unpaired) electrons. The highest BCUT2D eigenvalue weighted by Crippen LogP contribution is 2.35. The first-order chi connectivity index (χ1) is 12.9. The molecule has 0 saturated heterocycles. The molecule has 0 aliphatic rings. The minimum absolute atomic E-state index is 0.0434. The van der Waals surface area contributed by atoms with Crippen molar-refractivity contribution in [3.63, 3.8) is 0 Å². The van der Waals surface area contributed by atoms with E-state index in [4.69, 9.17) is 10.2 Å². The van der Waals surface area contributed by atoms with Gasteiger partial charge in [-0.15, -0.1) is 0 Å². The van der Waals surface area contributed by atoms with E-state index in [9.17, 15) is 13.2 Å². The number of benzene rings is 1. The van der Waals surface area contributed by atoms with Crippen LogP contribution < -0.4 is 11.1 Å². The second-order valence-corrected chi connectivity index (χ2v) is 6.57. The number of nitrogens with zero attached hydrogens (tertiary/aromatic N) is 3. The van der Waals surface area contributed by atoms with Crippen molar-refractivity contribution in [2.75, 3.05) is 11.1 Å². The standard InChI is InChI=1S/C17H11F3N5OS/c18-17(19,20)13-4-2-10(15(25-13)23-8-14-22-5-6-26-14)9-1-3-12-11(7-9)24-16(21)27-12/h1-6H,8H2,(H2,21,24)(H,23,25). The van der Waals surface area contributed by atoms with Gasteiger partial charge in [0.2, 0.25) is 5.89 Å². The number of nitrogens with one attached hydrogen (secondary N) is 1. The lowest BCUT2D eigenvalue weighted by atomic mass is 10.1. The lowest BCUT2D eigenvalue weighted by Gasteiger charge is -2.13. The Bertz CT molecular complexity index is 1090. The Hall–Kier alpha value is -3.14. The Labute approximate surface area is 154 Å². The number of nitrogen functional groups attached to an aromatic ring is 1. The minimum Gasteiger partial charge on any atom is -0.447 e. The van der Waals surface area contributed by atoms with Gasteiger partial charge in [0.05, 0.1) is 23.0 Å². The van der Waals surface area contributed by atoms with Gasteiger partial charge in [-0.05, 0) is 23.8 Å². The quantitative estimate of drug-likeness (QED) is 0.538. The van der Waals surface area contributed by atoms with E-state index < -0.39 is 11.9 Å². The summed E-state index contributed by atoms with van der Waals surface area (Å²) >= 11 is 1.31. The summed E-state index contributed by atoms with van der Waals surface area (Å²) in [6.45, 7) is 0.0835. The molecule has 3 aromatic heterocycles. The van der Waals surface area contributed by atoms with Crippen molar-refractivity contribution in [2.45, 2.75) is 12.7 Å². The molecule has 0 spiro atoms. The average molecular weight is 390 g/mol. The number of hydrogen-bond donors (Lipinski definition) is 2. The van der Waals surface area contributed by atoms with Crippen LogP contribution in [-0.2, 0) is 12.7 Å². The molecule has 3 N–H and O–H groups in total. The number of thiazole rings is 1. The summed E-state index contributed by atoms with van der Waals surface area (Å²) in [6, 6.07) is 8.89. The van der Waals surface area contributed by atoms with Crippen LogP contribution in [0.1, 0.15) is 11.6 Å². The smallest absolute Gasteiger partial charge is 0.433 e. The number of alkyl halides is 3. The highest BCUT2D eigenvalue weighted by molar-refractivity contribution is 7.22. The maximum Gasteiger partial charge on any atom is 0.433 e. The maximum absolute atomic E-state index is 13.1. The molecule has 0 aliphatic heterocycles. The molecule has 1 aromatic carbocycles. The van der Waals surface area contributed by atoms with E-state index >= 15 is 0 Å². The molecule has 0 amide bonds. The number of hydrogen-bond acceptors (Lipinski definition) is 7. The van der Waals surface area contributed by atoms with Gasteiger partial charge < -0.3 is 15.5 Å². The van der Waals surface area contributed by atoms with Gasteiger partial charge in [-0.25, -0.2) is 15.0 Å². The van der Waals surface area contributed by atoms with Crippen molar-refractivity contribution >= 4 is 32.5 Å². The number of fused-ring (bicyclic) bond motifs is 1. The monoisotopic (exact) mass is 390 g/mol. The van der Waals surface area contributed by atoms with Gasteiger partial charge in [0.1, 0.15) is 17.8 Å². The van der Waals surface area contributed by atoms with E-state index in [-0.39, 0.29) is 12.4 Å². The molecular weight excluding hydrogens is 379 g/mol. The van der Waals surface area contributed by atoms with Gasteiger partial charge in [-0.2, -0.15) is 13.2 Å². The first-order valence-electron chi connectivity index (χ1n) is 7.69. The Morgan fingerprint density at radius 1 is 1.19 bits per heavy atom. The molecule has 6 nitrogen and oxygen atoms in total. The van der Waals surface area contributed by atoms with Crippen molar-refractivity contribution in [3.05, 3.63) is 54.4 Å². The molecule has 27 heavy (non-hydrogen) atoms. The third-order valence-corrected chi connectivity index (χ3v) is 4.54. The first kappa shape index (κ1) is 17.3. The van der Waals surface area contributed by atoms with Crippen LogP contribution in [0, 0.1) is 6.07 Å². The van der Waals surface area contributed by atoms with E-state index in [0.717, 1.165) is 10.8 Å². The number of aromatic nitrogens is 3. The molecule has 137 valence electrons. The van der Waals surface area contributed by atoms with Gasteiger partial charge >= 0.3 is 6.18 Å². The van der Waals surface area contributed by atoms with E-state index in [0.29, 0.717) is 27.7 Å². The SMILES string of the molecule is Nc1nc2[c]c(-c3ccc(C(F)(F)F)nc3NCc3ncco3)ccc2s1. The fraction of sp³-hybridized carbons (Fsp3) is 0.118. The van der Waals surface area contributed by atoms with Gasteiger partial charge in [-0.1, -0.05) is 17.4 Å². The molecule has 0 atom stereocenters. The summed E-state index contributed by atoms with van der Waals surface area (Å²) in [6.07, 6.45) is -1.73. The van der Waals surface area contributed by atoms with Crippen molar-refractivity contribution in [3.8, 4) is 11.1 Å². The number of nitrogens with two attached hydrogens (primary N) is 1. The number of oxazole rings is 1. The number of halogens is 3. The zero-order valence-electron chi connectivity index (χ0n) is 13.5. The molecule has 0 fully saturated rings. The second-order valence-electron chi connectivity index (χ2n) is 5.51. The van der Waals surface area contributed by atoms with Crippen LogP contribution in [0.4, 0.5) is 24.1 Å². The predicted octanol–water partition coefficient (Wildman–Crippen LogP) is 4.36. The summed E-state index contributed by atoms with van der Waals surface area (Å²) in [7, 11) is 0. The Morgan fingerprint density at radius 2 is 2.04 bits per heavy atom. The van der Waals surface area contributed by atoms with Crippen LogP contribution in [0.3, 0.4) is 0 Å².